The molecule has 1 unspecified atom stereocenters. The Balaban J connectivity index is 2.09. The number of benzene rings is 1. The summed E-state index contributed by atoms with van der Waals surface area (Å²) in [6.07, 6.45) is 3.03. The molecule has 20 heavy (non-hydrogen) atoms. The Kier molecular flexibility index (Phi) is 6.02. The number of hydrogen-bond acceptors (Lipinski definition) is 2. The molecular weight excluding hydrogens is 293 g/mol. The molecule has 1 atom stereocenters. The van der Waals surface area contributed by atoms with Crippen LogP contribution in [0.25, 0.3) is 0 Å². The summed E-state index contributed by atoms with van der Waals surface area (Å²) in [5.41, 5.74) is 0.984. The van der Waals surface area contributed by atoms with Gasteiger partial charge in [0, 0.05) is 15.9 Å². The molecule has 1 aromatic heterocycles. The van der Waals surface area contributed by atoms with Crippen molar-refractivity contribution in [2.75, 3.05) is 6.54 Å². The van der Waals surface area contributed by atoms with E-state index in [1.165, 1.54) is 17.0 Å². The maximum Gasteiger partial charge on any atom is 0.124 e. The second kappa shape index (κ2) is 7.77. The van der Waals surface area contributed by atoms with Crippen LogP contribution < -0.4 is 5.32 Å². The predicted molar refractivity (Wildman–Crippen MR) is 85.1 cm³/mol. The zero-order chi connectivity index (χ0) is 14.4. The molecule has 0 bridgehead atoms. The van der Waals surface area contributed by atoms with Crippen LogP contribution in [0.3, 0.4) is 0 Å². The van der Waals surface area contributed by atoms with Gasteiger partial charge in [-0.05, 0) is 54.9 Å². The lowest BCUT2D eigenvalue weighted by molar-refractivity contribution is 0.499. The van der Waals surface area contributed by atoms with Gasteiger partial charge in [-0.3, -0.25) is 0 Å². The lowest BCUT2D eigenvalue weighted by Gasteiger charge is -2.20. The quantitative estimate of drug-likeness (QED) is 0.739. The SMILES string of the molecule is CCCNC(CCc1cccs1)c1ccc(F)cc1Cl. The molecule has 0 aliphatic carbocycles. The first-order chi connectivity index (χ1) is 9.70. The molecule has 0 aliphatic rings. The highest BCUT2D eigenvalue weighted by molar-refractivity contribution is 7.09. The van der Waals surface area contributed by atoms with Crippen LogP contribution in [0.15, 0.2) is 35.7 Å². The zero-order valence-corrected chi connectivity index (χ0v) is 13.1. The first kappa shape index (κ1) is 15.5. The molecule has 0 amide bonds. The highest BCUT2D eigenvalue weighted by Crippen LogP contribution is 2.28. The fourth-order valence-corrected chi connectivity index (χ4v) is 3.24. The van der Waals surface area contributed by atoms with Crippen LogP contribution in [-0.2, 0) is 6.42 Å². The lowest BCUT2D eigenvalue weighted by Crippen LogP contribution is -2.23. The maximum atomic E-state index is 13.2. The fourth-order valence-electron chi connectivity index (χ4n) is 2.21. The van der Waals surface area contributed by atoms with Crippen LogP contribution in [0.1, 0.15) is 36.2 Å². The number of nitrogens with one attached hydrogen (secondary N) is 1. The molecular formula is C16H19ClFNS. The van der Waals surface area contributed by atoms with E-state index in [0.717, 1.165) is 31.4 Å². The van der Waals surface area contributed by atoms with Gasteiger partial charge in [-0.1, -0.05) is 30.7 Å². The molecule has 108 valence electrons. The Morgan fingerprint density at radius 3 is 2.85 bits per heavy atom. The van der Waals surface area contributed by atoms with Crippen LogP contribution in [-0.4, -0.2) is 6.54 Å². The van der Waals surface area contributed by atoms with Crippen LogP contribution in [0.5, 0.6) is 0 Å². The van der Waals surface area contributed by atoms with E-state index >= 15 is 0 Å². The van der Waals surface area contributed by atoms with Crippen LogP contribution >= 0.6 is 22.9 Å². The van der Waals surface area contributed by atoms with Gasteiger partial charge in [0.25, 0.3) is 0 Å². The van der Waals surface area contributed by atoms with Crippen molar-refractivity contribution < 1.29 is 4.39 Å². The van der Waals surface area contributed by atoms with E-state index < -0.39 is 0 Å². The largest absolute Gasteiger partial charge is 0.310 e. The molecule has 1 nitrogen and oxygen atoms in total. The molecule has 2 rings (SSSR count). The van der Waals surface area contributed by atoms with Gasteiger partial charge in [-0.25, -0.2) is 4.39 Å². The van der Waals surface area contributed by atoms with Gasteiger partial charge in [-0.15, -0.1) is 11.3 Å². The Hall–Kier alpha value is -0.900. The number of hydrogen-bond donors (Lipinski definition) is 1. The average Bonchev–Trinajstić information content (AvgIpc) is 2.93. The maximum absolute atomic E-state index is 13.2. The Morgan fingerprint density at radius 2 is 2.20 bits per heavy atom. The van der Waals surface area contributed by atoms with Gasteiger partial charge >= 0.3 is 0 Å². The van der Waals surface area contributed by atoms with Crippen molar-refractivity contribution in [2.24, 2.45) is 0 Å². The van der Waals surface area contributed by atoms with Gasteiger partial charge in [-0.2, -0.15) is 0 Å². The molecule has 0 radical (unpaired) electrons. The average molecular weight is 312 g/mol. The molecule has 0 fully saturated rings. The van der Waals surface area contributed by atoms with E-state index in [9.17, 15) is 4.39 Å². The Bertz CT molecular complexity index is 527. The molecule has 1 N–H and O–H groups in total. The summed E-state index contributed by atoms with van der Waals surface area (Å²) in [5, 5.41) is 6.10. The predicted octanol–water partition coefficient (Wildman–Crippen LogP) is 5.21. The summed E-state index contributed by atoms with van der Waals surface area (Å²) in [6.45, 7) is 3.07. The summed E-state index contributed by atoms with van der Waals surface area (Å²) >= 11 is 7.96. The van der Waals surface area contributed by atoms with Crippen molar-refractivity contribution in [3.63, 3.8) is 0 Å². The van der Waals surface area contributed by atoms with E-state index in [1.807, 2.05) is 0 Å². The van der Waals surface area contributed by atoms with Crippen molar-refractivity contribution >= 4 is 22.9 Å². The summed E-state index contributed by atoms with van der Waals surface area (Å²) in [7, 11) is 0. The van der Waals surface area contributed by atoms with E-state index in [4.69, 9.17) is 11.6 Å². The highest BCUT2D eigenvalue weighted by Gasteiger charge is 2.15. The molecule has 4 heteroatoms. The van der Waals surface area contributed by atoms with E-state index in [-0.39, 0.29) is 11.9 Å². The van der Waals surface area contributed by atoms with Crippen LogP contribution in [0, 0.1) is 5.82 Å². The zero-order valence-electron chi connectivity index (χ0n) is 11.5. The van der Waals surface area contributed by atoms with Crippen molar-refractivity contribution in [1.82, 2.24) is 5.32 Å². The number of halogens is 2. The summed E-state index contributed by atoms with van der Waals surface area (Å²) in [6, 6.07) is 9.05. The van der Waals surface area contributed by atoms with Crippen molar-refractivity contribution in [3.05, 3.63) is 57.0 Å². The second-order valence-electron chi connectivity index (χ2n) is 4.79. The van der Waals surface area contributed by atoms with E-state index in [2.05, 4.69) is 29.8 Å². The lowest BCUT2D eigenvalue weighted by atomic mass is 10.0. The van der Waals surface area contributed by atoms with Crippen molar-refractivity contribution in [2.45, 2.75) is 32.2 Å². The van der Waals surface area contributed by atoms with E-state index in [0.29, 0.717) is 5.02 Å². The molecule has 0 aliphatic heterocycles. The minimum atomic E-state index is -0.286. The molecule has 1 aromatic carbocycles. The smallest absolute Gasteiger partial charge is 0.124 e. The topological polar surface area (TPSA) is 12.0 Å². The van der Waals surface area contributed by atoms with Crippen molar-refractivity contribution in [3.8, 4) is 0 Å². The summed E-state index contributed by atoms with van der Waals surface area (Å²) < 4.78 is 13.2. The summed E-state index contributed by atoms with van der Waals surface area (Å²) in [4.78, 5) is 1.37. The normalized spacial score (nSPS) is 12.6. The third-order valence-electron chi connectivity index (χ3n) is 3.24. The molecule has 0 saturated carbocycles. The van der Waals surface area contributed by atoms with Crippen LogP contribution in [0.2, 0.25) is 5.02 Å². The second-order valence-corrected chi connectivity index (χ2v) is 6.23. The molecule has 2 aromatic rings. The first-order valence-corrected chi connectivity index (χ1v) is 8.17. The van der Waals surface area contributed by atoms with Gasteiger partial charge in [0.2, 0.25) is 0 Å². The number of rotatable bonds is 7. The van der Waals surface area contributed by atoms with Gasteiger partial charge in [0.15, 0.2) is 0 Å². The van der Waals surface area contributed by atoms with Gasteiger partial charge in [0.1, 0.15) is 5.82 Å². The van der Waals surface area contributed by atoms with Crippen LogP contribution in [0.4, 0.5) is 4.39 Å². The Morgan fingerprint density at radius 1 is 1.35 bits per heavy atom. The van der Waals surface area contributed by atoms with Gasteiger partial charge in [0.05, 0.1) is 0 Å². The summed E-state index contributed by atoms with van der Waals surface area (Å²) in [5.74, 6) is -0.286. The highest BCUT2D eigenvalue weighted by atomic mass is 35.5. The van der Waals surface area contributed by atoms with E-state index in [1.54, 1.807) is 17.4 Å². The fraction of sp³-hybridized carbons (Fsp3) is 0.375. The number of thiophene rings is 1. The third kappa shape index (κ3) is 4.30. The molecule has 0 saturated heterocycles. The molecule has 0 spiro atoms. The van der Waals surface area contributed by atoms with Crippen molar-refractivity contribution in [1.29, 1.82) is 0 Å². The minimum Gasteiger partial charge on any atom is -0.310 e. The first-order valence-electron chi connectivity index (χ1n) is 6.91. The standard InChI is InChI=1S/C16H19ClFNS/c1-2-9-19-16(8-6-13-4-3-10-20-13)14-7-5-12(18)11-15(14)17/h3-5,7,10-11,16,19H,2,6,8-9H2,1H3. The minimum absolute atomic E-state index is 0.171. The Labute approximate surface area is 128 Å². The number of aryl methyl sites for hydroxylation is 1. The monoisotopic (exact) mass is 311 g/mol. The molecule has 1 heterocycles. The van der Waals surface area contributed by atoms with Gasteiger partial charge < -0.3 is 5.32 Å². The third-order valence-corrected chi connectivity index (χ3v) is 4.50.